The van der Waals surface area contributed by atoms with E-state index in [-0.39, 0.29) is 17.6 Å². The predicted molar refractivity (Wildman–Crippen MR) is 149 cm³/mol. The van der Waals surface area contributed by atoms with Crippen LogP contribution in [0.25, 0.3) is 23.8 Å². The van der Waals surface area contributed by atoms with E-state index in [4.69, 9.17) is 4.74 Å². The maximum atomic E-state index is 13.8. The van der Waals surface area contributed by atoms with Gasteiger partial charge in [-0.1, -0.05) is 20.8 Å². The van der Waals surface area contributed by atoms with Gasteiger partial charge >= 0.3 is 5.97 Å². The quantitative estimate of drug-likeness (QED) is 0.312. The Bertz CT molecular complexity index is 1720. The molecule has 0 radical (unpaired) electrons. The first-order valence-corrected chi connectivity index (χ1v) is 13.3. The normalized spacial score (nSPS) is 26.8. The summed E-state index contributed by atoms with van der Waals surface area (Å²) >= 11 is 0. The fraction of sp³-hybridized carbons (Fsp3) is 0.355. The molecule has 6 rings (SSSR count). The molecule has 8 bridgehead atoms. The number of nitrogens with one attached hydrogen (secondary N) is 4. The molecule has 7 heteroatoms. The minimum Gasteiger partial charge on any atom is -0.468 e. The summed E-state index contributed by atoms with van der Waals surface area (Å²) in [7, 11) is 1.34. The second kappa shape index (κ2) is 8.51. The average molecular weight is 511 g/mol. The Balaban J connectivity index is 1.72. The van der Waals surface area contributed by atoms with E-state index in [1.54, 1.807) is 0 Å². The van der Waals surface area contributed by atoms with Crippen molar-refractivity contribution in [3.8, 4) is 0 Å². The second-order valence-electron chi connectivity index (χ2n) is 10.9. The smallest absolute Gasteiger partial charge is 0.321 e. The molecule has 5 heterocycles. The van der Waals surface area contributed by atoms with Crippen molar-refractivity contribution in [1.82, 2.24) is 20.3 Å². The molecule has 38 heavy (non-hydrogen) atoms. The zero-order chi connectivity index (χ0) is 27.0. The van der Waals surface area contributed by atoms with Crippen LogP contribution in [0.4, 0.5) is 0 Å². The van der Waals surface area contributed by atoms with E-state index in [2.05, 4.69) is 79.2 Å². The third-order valence-corrected chi connectivity index (χ3v) is 8.83. The maximum absolute atomic E-state index is 13.8. The summed E-state index contributed by atoms with van der Waals surface area (Å²) in [5, 5.41) is 5.70. The Morgan fingerprint density at radius 3 is 2.42 bits per heavy atom. The number of ketones is 1. The highest BCUT2D eigenvalue weighted by Crippen LogP contribution is 2.46. The Morgan fingerprint density at radius 2 is 1.71 bits per heavy atom. The highest BCUT2D eigenvalue weighted by molar-refractivity contribution is 6.24. The van der Waals surface area contributed by atoms with E-state index >= 15 is 0 Å². The van der Waals surface area contributed by atoms with Crippen LogP contribution in [0.2, 0.25) is 0 Å². The van der Waals surface area contributed by atoms with Gasteiger partial charge in [-0.2, -0.15) is 0 Å². The number of aryl methyl sites for hydroxylation is 1. The van der Waals surface area contributed by atoms with Crippen molar-refractivity contribution in [3.63, 3.8) is 0 Å². The van der Waals surface area contributed by atoms with Crippen LogP contribution in [0.15, 0.2) is 17.5 Å². The number of hydrogen-bond donors (Lipinski definition) is 4. The molecule has 0 spiro atoms. The number of allylic oxidation sites excluding steroid dienone is 2. The minimum atomic E-state index is -0.983. The van der Waals surface area contributed by atoms with Gasteiger partial charge in [0.15, 0.2) is 5.78 Å². The van der Waals surface area contributed by atoms with Crippen LogP contribution in [0.1, 0.15) is 76.2 Å². The summed E-state index contributed by atoms with van der Waals surface area (Å²) in [6, 6.07) is 2.17. The second-order valence-corrected chi connectivity index (χ2v) is 10.9. The summed E-state index contributed by atoms with van der Waals surface area (Å²) in [5.41, 5.74) is 11.3. The minimum absolute atomic E-state index is 0.0788. The Labute approximate surface area is 221 Å². The molecule has 3 aliphatic rings. The average Bonchev–Trinajstić information content (AvgIpc) is 3.63. The topological polar surface area (TPSA) is 103 Å². The largest absolute Gasteiger partial charge is 0.468 e. The molecule has 1 saturated heterocycles. The first-order valence-electron chi connectivity index (χ1n) is 13.3. The van der Waals surface area contributed by atoms with Gasteiger partial charge in [0.1, 0.15) is 5.92 Å². The van der Waals surface area contributed by atoms with Crippen LogP contribution in [-0.2, 0) is 16.0 Å². The lowest BCUT2D eigenvalue weighted by Crippen LogP contribution is -2.24. The third-order valence-electron chi connectivity index (χ3n) is 8.83. The molecule has 0 amide bonds. The van der Waals surface area contributed by atoms with Crippen LogP contribution >= 0.6 is 0 Å². The fourth-order valence-electron chi connectivity index (χ4n) is 6.39. The number of carbonyl (C=O) groups is 2. The number of fused-ring (bicyclic) bond motifs is 7. The zero-order valence-corrected chi connectivity index (χ0v) is 23.0. The SMILES string of the molecule is CCc1c(C)/c2[nH]/c1=C\c1[nH]c3c(c1C)C(=O)[C@H](C(=O)OC)/C3=C1/N/C(=C\c3[nH]c(cc3C)\C=2)[C@@H](C)[C@@H]1C. The summed E-state index contributed by atoms with van der Waals surface area (Å²) in [6.45, 7) is 12.7. The standard InChI is InChI=1S/C31H34N4O3/c1-8-19-16(5)21-10-18-9-13(2)20(32-18)11-22-14(3)15(4)28(34-22)26-27(31(37)38-7)30(36)25-17(6)23(35-29(25)26)12-24(19)33-21/h9-12,14-15,27,32-35H,8H2,1-7H3/b21-10-,22-11-,24-12-,28-26-/t14-,15-,27+/m0/s1. The van der Waals surface area contributed by atoms with E-state index in [1.807, 2.05) is 6.92 Å². The van der Waals surface area contributed by atoms with Crippen molar-refractivity contribution in [3.05, 3.63) is 78.8 Å². The molecule has 7 nitrogen and oxygen atoms in total. The number of Topliss-reactive ketones (excluding diaryl/α,β-unsaturated/α-hetero) is 1. The van der Waals surface area contributed by atoms with E-state index in [0.29, 0.717) is 11.1 Å². The fourth-order valence-corrected chi connectivity index (χ4v) is 6.39. The first kappa shape index (κ1) is 24.3. The lowest BCUT2D eigenvalue weighted by atomic mass is 9.89. The van der Waals surface area contributed by atoms with Gasteiger partial charge in [-0.05, 0) is 73.7 Å². The molecular weight excluding hydrogens is 476 g/mol. The van der Waals surface area contributed by atoms with E-state index in [1.165, 1.54) is 18.2 Å². The van der Waals surface area contributed by atoms with Crippen molar-refractivity contribution >= 4 is 35.6 Å². The van der Waals surface area contributed by atoms with Gasteiger partial charge in [-0.25, -0.2) is 0 Å². The van der Waals surface area contributed by atoms with Gasteiger partial charge in [0.25, 0.3) is 0 Å². The highest BCUT2D eigenvalue weighted by Gasteiger charge is 2.47. The molecule has 3 aromatic heterocycles. The van der Waals surface area contributed by atoms with Crippen molar-refractivity contribution in [2.75, 3.05) is 7.11 Å². The Hall–Kier alpha value is -4.00. The van der Waals surface area contributed by atoms with Crippen molar-refractivity contribution < 1.29 is 14.3 Å². The van der Waals surface area contributed by atoms with Gasteiger partial charge in [0.05, 0.1) is 12.8 Å². The number of aromatic amines is 3. The van der Waals surface area contributed by atoms with Crippen molar-refractivity contribution in [2.24, 2.45) is 17.8 Å². The predicted octanol–water partition coefficient (Wildman–Crippen LogP) is 3.74. The Morgan fingerprint density at radius 1 is 0.947 bits per heavy atom. The van der Waals surface area contributed by atoms with Crippen LogP contribution in [0.3, 0.4) is 0 Å². The van der Waals surface area contributed by atoms with Gasteiger partial charge in [0.2, 0.25) is 0 Å². The number of esters is 1. The van der Waals surface area contributed by atoms with Crippen LogP contribution in [-0.4, -0.2) is 33.8 Å². The molecular formula is C31H34N4O3. The van der Waals surface area contributed by atoms with Crippen molar-refractivity contribution in [1.29, 1.82) is 0 Å². The van der Waals surface area contributed by atoms with E-state index in [0.717, 1.165) is 62.4 Å². The molecule has 0 aromatic carbocycles. The summed E-state index contributed by atoms with van der Waals surface area (Å²) in [6.07, 6.45) is 7.29. The number of hydrogen-bond acceptors (Lipinski definition) is 4. The molecule has 4 N–H and O–H groups in total. The molecule has 3 atom stereocenters. The molecule has 2 aliphatic heterocycles. The number of rotatable bonds is 2. The third kappa shape index (κ3) is 3.34. The number of ether oxygens (including phenoxy) is 1. The molecule has 0 unspecified atom stereocenters. The number of carbonyl (C=O) groups excluding carboxylic acids is 2. The lowest BCUT2D eigenvalue weighted by molar-refractivity contribution is -0.141. The van der Waals surface area contributed by atoms with E-state index < -0.39 is 11.9 Å². The first-order chi connectivity index (χ1) is 18.1. The van der Waals surface area contributed by atoms with Gasteiger partial charge in [-0.15, -0.1) is 0 Å². The van der Waals surface area contributed by atoms with Crippen molar-refractivity contribution in [2.45, 2.75) is 48.0 Å². The molecule has 0 saturated carbocycles. The maximum Gasteiger partial charge on any atom is 0.321 e. The molecule has 1 fully saturated rings. The van der Waals surface area contributed by atoms with Gasteiger partial charge in [-0.3, -0.25) is 9.59 Å². The zero-order valence-electron chi connectivity index (χ0n) is 23.0. The monoisotopic (exact) mass is 510 g/mol. The molecule has 196 valence electrons. The number of methoxy groups -OCH3 is 1. The lowest BCUT2D eigenvalue weighted by Gasteiger charge is -2.16. The van der Waals surface area contributed by atoms with Crippen LogP contribution in [0, 0.1) is 38.5 Å². The van der Waals surface area contributed by atoms with Crippen LogP contribution in [0.5, 0.6) is 0 Å². The summed E-state index contributed by atoms with van der Waals surface area (Å²) in [5.74, 6) is -1.47. The van der Waals surface area contributed by atoms with Gasteiger partial charge < -0.3 is 25.0 Å². The summed E-state index contributed by atoms with van der Waals surface area (Å²) < 4.78 is 5.13. The van der Waals surface area contributed by atoms with Gasteiger partial charge in [0, 0.05) is 62.1 Å². The number of aromatic nitrogens is 3. The molecule has 1 aliphatic carbocycles. The Kier molecular flexibility index (Phi) is 5.45. The van der Waals surface area contributed by atoms with E-state index in [9.17, 15) is 9.59 Å². The van der Waals surface area contributed by atoms with Crippen LogP contribution < -0.4 is 16.0 Å². The molecule has 3 aromatic rings. The number of H-pyrrole nitrogens is 3. The highest BCUT2D eigenvalue weighted by atomic mass is 16.5. The summed E-state index contributed by atoms with van der Waals surface area (Å²) in [4.78, 5) is 37.5.